The molecule has 0 radical (unpaired) electrons. The molecule has 8 heteroatoms. The van der Waals surface area contributed by atoms with Crippen LogP contribution in [-0.2, 0) is 21.5 Å². The lowest BCUT2D eigenvalue weighted by Crippen LogP contribution is -2.48. The number of hydrogen-bond acceptors (Lipinski definition) is 5. The number of nitrogens with zero attached hydrogens (tertiary/aromatic N) is 2. The minimum atomic E-state index is -2.95. The highest BCUT2D eigenvalue weighted by molar-refractivity contribution is 7.99. The van der Waals surface area contributed by atoms with Crippen molar-refractivity contribution in [3.05, 3.63) is 70.3 Å². The Hall–Kier alpha value is -2.95. The van der Waals surface area contributed by atoms with Gasteiger partial charge in [0.25, 0.3) is 5.91 Å². The van der Waals surface area contributed by atoms with Crippen LogP contribution < -0.4 is 14.4 Å². The zero-order valence-electron chi connectivity index (χ0n) is 25.2. The van der Waals surface area contributed by atoms with E-state index in [4.69, 9.17) is 16.3 Å². The minimum Gasteiger partial charge on any atom is -0.490 e. The molecule has 0 saturated heterocycles. The number of allylic oxidation sites excluding steroid dienone is 2. The highest BCUT2D eigenvalue weighted by Gasteiger charge is 2.43. The summed E-state index contributed by atoms with van der Waals surface area (Å²) in [6.07, 6.45) is 11.1. The lowest BCUT2D eigenvalue weighted by atomic mass is 9.69. The summed E-state index contributed by atoms with van der Waals surface area (Å²) in [6.45, 7) is 6.12. The number of benzene rings is 2. The molecule has 1 saturated carbocycles. The second-order valence-corrected chi connectivity index (χ2v) is 16.2. The molecule has 4 aliphatic rings. The minimum absolute atomic E-state index is 0.0128. The first-order chi connectivity index (χ1) is 20.6. The maximum Gasteiger partial charge on any atom is 0.262 e. The molecule has 2 aromatic carbocycles. The first kappa shape index (κ1) is 30.1. The molecular formula is C35H42ClN3O3S. The standard InChI is InChI=1S/C35H42ClN3O3S/c1-23-17-25(14-16-37)6-7-26-8-9-29(26)20-39-21-35(15-4-5-27-18-30(36)11-12-31(27)35)22-42-33-13-10-28(19-32(33)39)34(40)38-43(3,41)24(23)2/h6-7,10-13,18-19,23-26,29H,3-5,8-9,14-15,17,20-22H2,1-2H3,(H,38,40,41)/b7-6+/t23-,24+,25-,26+,29-,35-,43?/m0/s1. The predicted molar refractivity (Wildman–Crippen MR) is 175 cm³/mol. The van der Waals surface area contributed by atoms with Crippen molar-refractivity contribution < 1.29 is 13.7 Å². The average molecular weight is 620 g/mol. The number of hydrogen-bond donors (Lipinski definition) is 1. The van der Waals surface area contributed by atoms with E-state index < -0.39 is 9.71 Å². The van der Waals surface area contributed by atoms with Crippen molar-refractivity contribution in [1.82, 2.24) is 4.72 Å². The molecular weight excluding hydrogens is 578 g/mol. The Bertz CT molecular complexity index is 1580. The highest BCUT2D eigenvalue weighted by Crippen LogP contribution is 2.46. The van der Waals surface area contributed by atoms with Crippen LogP contribution in [0, 0.1) is 35.0 Å². The molecule has 1 fully saturated rings. The van der Waals surface area contributed by atoms with Gasteiger partial charge in [-0.3, -0.25) is 9.52 Å². The molecule has 6 nitrogen and oxygen atoms in total. The van der Waals surface area contributed by atoms with Crippen LogP contribution in [0.25, 0.3) is 0 Å². The van der Waals surface area contributed by atoms with Gasteiger partial charge in [-0.2, -0.15) is 5.26 Å². The first-order valence-electron chi connectivity index (χ1n) is 15.6. The van der Waals surface area contributed by atoms with E-state index in [0.717, 1.165) is 68.1 Å². The van der Waals surface area contributed by atoms with E-state index in [1.54, 1.807) is 6.07 Å². The fraction of sp³-hybridized carbons (Fsp3) is 0.514. The number of carbonyl (C=O) groups excluding carboxylic acids is 1. The molecule has 7 atom stereocenters. The fourth-order valence-electron chi connectivity index (χ4n) is 7.61. The van der Waals surface area contributed by atoms with Gasteiger partial charge < -0.3 is 9.64 Å². The average Bonchev–Trinajstić information content (AvgIpc) is 3.11. The Labute approximate surface area is 261 Å². The maximum absolute atomic E-state index is 13.8. The van der Waals surface area contributed by atoms with E-state index in [9.17, 15) is 14.3 Å². The number of amides is 1. The number of ether oxygens (including phenoxy) is 1. The molecule has 1 unspecified atom stereocenters. The van der Waals surface area contributed by atoms with E-state index >= 15 is 0 Å². The smallest absolute Gasteiger partial charge is 0.262 e. The summed E-state index contributed by atoms with van der Waals surface area (Å²) >= 11 is 6.42. The van der Waals surface area contributed by atoms with Gasteiger partial charge in [0.15, 0.2) is 0 Å². The van der Waals surface area contributed by atoms with Crippen molar-refractivity contribution in [2.45, 2.75) is 69.5 Å². The van der Waals surface area contributed by atoms with Crippen molar-refractivity contribution >= 4 is 38.8 Å². The van der Waals surface area contributed by atoms with Crippen molar-refractivity contribution in [3.63, 3.8) is 0 Å². The third-order valence-corrected chi connectivity index (χ3v) is 13.0. The monoisotopic (exact) mass is 619 g/mol. The van der Waals surface area contributed by atoms with Crippen LogP contribution in [0.5, 0.6) is 5.75 Å². The number of halogens is 1. The van der Waals surface area contributed by atoms with Gasteiger partial charge >= 0.3 is 0 Å². The Morgan fingerprint density at radius 1 is 1.21 bits per heavy atom. The Morgan fingerprint density at radius 2 is 2.05 bits per heavy atom. The van der Waals surface area contributed by atoms with Crippen LogP contribution in [-0.4, -0.2) is 40.9 Å². The van der Waals surface area contributed by atoms with Gasteiger partial charge in [0, 0.05) is 40.8 Å². The molecule has 0 aromatic heterocycles. The van der Waals surface area contributed by atoms with Crippen LogP contribution in [0.1, 0.15) is 73.9 Å². The number of carbonyl (C=O) groups is 1. The number of rotatable bonds is 1. The Kier molecular flexibility index (Phi) is 8.30. The van der Waals surface area contributed by atoms with Gasteiger partial charge in [0.1, 0.15) is 5.75 Å². The van der Waals surface area contributed by atoms with E-state index in [2.05, 4.69) is 45.8 Å². The largest absolute Gasteiger partial charge is 0.490 e. The molecule has 2 heterocycles. The first-order valence-corrected chi connectivity index (χ1v) is 17.8. The molecule has 2 aliphatic heterocycles. The third-order valence-electron chi connectivity index (χ3n) is 10.6. The van der Waals surface area contributed by atoms with Crippen LogP contribution in [0.4, 0.5) is 5.69 Å². The molecule has 1 spiro atoms. The normalized spacial score (nSPS) is 34.8. The molecule has 2 aliphatic carbocycles. The van der Waals surface area contributed by atoms with Crippen molar-refractivity contribution in [1.29, 1.82) is 5.26 Å². The zero-order chi connectivity index (χ0) is 30.4. The molecule has 2 aromatic rings. The number of fused-ring (bicyclic) bond motifs is 4. The molecule has 43 heavy (non-hydrogen) atoms. The molecule has 1 N–H and O–H groups in total. The van der Waals surface area contributed by atoms with Gasteiger partial charge in [0.2, 0.25) is 0 Å². The van der Waals surface area contributed by atoms with Crippen LogP contribution in [0.3, 0.4) is 0 Å². The quantitative estimate of drug-likeness (QED) is 0.283. The van der Waals surface area contributed by atoms with Gasteiger partial charge in [-0.1, -0.05) is 36.7 Å². The predicted octanol–water partition coefficient (Wildman–Crippen LogP) is 6.71. The van der Waals surface area contributed by atoms with Gasteiger partial charge in [-0.05, 0) is 116 Å². The molecule has 6 rings (SSSR count). The maximum atomic E-state index is 13.8. The summed E-state index contributed by atoms with van der Waals surface area (Å²) in [5, 5.41) is 9.96. The summed E-state index contributed by atoms with van der Waals surface area (Å²) in [5.74, 6) is 5.36. The molecule has 228 valence electrons. The van der Waals surface area contributed by atoms with Crippen LogP contribution in [0.15, 0.2) is 48.6 Å². The number of aryl methyl sites for hydroxylation is 1. The topological polar surface area (TPSA) is 82.4 Å². The highest BCUT2D eigenvalue weighted by atomic mass is 35.5. The van der Waals surface area contributed by atoms with Gasteiger partial charge in [-0.15, -0.1) is 0 Å². The van der Waals surface area contributed by atoms with Crippen molar-refractivity contribution in [3.8, 4) is 11.8 Å². The molecule has 2 bridgehead atoms. The summed E-state index contributed by atoms with van der Waals surface area (Å²) in [4.78, 5) is 16.0. The second kappa shape index (κ2) is 11.9. The summed E-state index contributed by atoms with van der Waals surface area (Å²) in [5.41, 5.74) is 3.77. The molecule has 1 amide bonds. The fourth-order valence-corrected chi connectivity index (χ4v) is 9.29. The SMILES string of the molecule is C=S1(=O)NC(=O)c2ccc3c(c2)N(C[C@@H]2CC[C@H]2/C=C/[C@@H](CC#N)C[C@H](C)[C@H]1C)C[C@@]1(CCCc2cc(Cl)ccc21)CO3. The Balaban J connectivity index is 1.42. The van der Waals surface area contributed by atoms with Gasteiger partial charge in [0.05, 0.1) is 28.1 Å². The zero-order valence-corrected chi connectivity index (χ0v) is 26.8. The Morgan fingerprint density at radius 3 is 2.81 bits per heavy atom. The van der Waals surface area contributed by atoms with E-state index in [1.807, 2.05) is 32.0 Å². The van der Waals surface area contributed by atoms with Gasteiger partial charge in [-0.25, -0.2) is 4.21 Å². The summed E-state index contributed by atoms with van der Waals surface area (Å²) < 4.78 is 23.1. The van der Waals surface area contributed by atoms with E-state index in [0.29, 0.717) is 30.4 Å². The number of nitriles is 1. The van der Waals surface area contributed by atoms with Crippen LogP contribution in [0.2, 0.25) is 5.02 Å². The van der Waals surface area contributed by atoms with E-state index in [1.165, 1.54) is 11.1 Å². The van der Waals surface area contributed by atoms with Crippen molar-refractivity contribution in [2.75, 3.05) is 24.6 Å². The number of anilines is 1. The summed E-state index contributed by atoms with van der Waals surface area (Å²) in [7, 11) is -2.95. The van der Waals surface area contributed by atoms with E-state index in [-0.39, 0.29) is 28.4 Å². The van der Waals surface area contributed by atoms with Crippen molar-refractivity contribution in [2.24, 2.45) is 23.7 Å². The van der Waals surface area contributed by atoms with Crippen LogP contribution >= 0.6 is 11.6 Å². The summed E-state index contributed by atoms with van der Waals surface area (Å²) in [6, 6.07) is 14.2. The second-order valence-electron chi connectivity index (χ2n) is 13.4. The lowest BCUT2D eigenvalue weighted by molar-refractivity contribution is 0.0982. The lowest BCUT2D eigenvalue weighted by Gasteiger charge is -2.44. The third kappa shape index (κ3) is 5.93. The number of nitrogens with one attached hydrogen (secondary N) is 1.